The molecular formula is C15H13N3O2. The van der Waals surface area contributed by atoms with Crippen molar-refractivity contribution in [2.45, 2.75) is 6.42 Å². The number of rotatable bonds is 4. The minimum Gasteiger partial charge on any atom is -0.497 e. The Morgan fingerprint density at radius 1 is 1.35 bits per heavy atom. The number of carbonyl (C=O) groups excluding carboxylic acids is 1. The van der Waals surface area contributed by atoms with Gasteiger partial charge >= 0.3 is 0 Å². The molecule has 1 amide bonds. The van der Waals surface area contributed by atoms with Crippen molar-refractivity contribution in [2.75, 3.05) is 12.4 Å². The van der Waals surface area contributed by atoms with Gasteiger partial charge in [0, 0.05) is 17.4 Å². The summed E-state index contributed by atoms with van der Waals surface area (Å²) in [6, 6.07) is 12.3. The van der Waals surface area contributed by atoms with Crippen LogP contribution in [0, 0.1) is 11.3 Å². The van der Waals surface area contributed by atoms with Crippen LogP contribution in [0.4, 0.5) is 5.69 Å². The quantitative estimate of drug-likeness (QED) is 0.923. The molecule has 0 fully saturated rings. The van der Waals surface area contributed by atoms with Crippen molar-refractivity contribution in [3.63, 3.8) is 0 Å². The molecule has 0 unspecified atom stereocenters. The van der Waals surface area contributed by atoms with Gasteiger partial charge in [-0.25, -0.2) is 0 Å². The number of nitriles is 1. The fourth-order valence-electron chi connectivity index (χ4n) is 1.67. The SMILES string of the molecule is COc1ccc(NC(=O)c2ccnc(CC#N)c2)cc1. The normalized spacial score (nSPS) is 9.60. The Kier molecular flexibility index (Phi) is 4.30. The minimum atomic E-state index is -0.239. The number of pyridine rings is 1. The monoisotopic (exact) mass is 267 g/mol. The molecule has 0 aliphatic carbocycles. The van der Waals surface area contributed by atoms with Gasteiger partial charge in [0.2, 0.25) is 0 Å². The molecule has 0 bridgehead atoms. The summed E-state index contributed by atoms with van der Waals surface area (Å²) in [5, 5.41) is 11.4. The van der Waals surface area contributed by atoms with Gasteiger partial charge in [0.05, 0.1) is 25.3 Å². The molecule has 1 N–H and O–H groups in total. The fourth-order valence-corrected chi connectivity index (χ4v) is 1.67. The molecule has 1 aromatic heterocycles. The van der Waals surface area contributed by atoms with Crippen molar-refractivity contribution in [1.82, 2.24) is 4.98 Å². The number of nitrogens with one attached hydrogen (secondary N) is 1. The number of carbonyl (C=O) groups is 1. The van der Waals surface area contributed by atoms with E-state index in [-0.39, 0.29) is 12.3 Å². The number of anilines is 1. The molecule has 0 atom stereocenters. The number of hydrogen-bond acceptors (Lipinski definition) is 4. The molecular weight excluding hydrogens is 254 g/mol. The first-order valence-electron chi connectivity index (χ1n) is 6.00. The number of nitrogens with zero attached hydrogens (tertiary/aromatic N) is 2. The zero-order valence-corrected chi connectivity index (χ0v) is 11.0. The van der Waals surface area contributed by atoms with Gasteiger partial charge in [-0.05, 0) is 36.4 Å². The maximum Gasteiger partial charge on any atom is 0.255 e. The number of methoxy groups -OCH3 is 1. The van der Waals surface area contributed by atoms with Gasteiger partial charge in [0.15, 0.2) is 0 Å². The first kappa shape index (κ1) is 13.6. The topological polar surface area (TPSA) is 75.0 Å². The fraction of sp³-hybridized carbons (Fsp3) is 0.133. The molecule has 0 radical (unpaired) electrons. The Labute approximate surface area is 116 Å². The van der Waals surface area contributed by atoms with Crippen LogP contribution in [0.15, 0.2) is 42.6 Å². The molecule has 0 aliphatic heterocycles. The van der Waals surface area contributed by atoms with E-state index in [0.717, 1.165) is 5.75 Å². The summed E-state index contributed by atoms with van der Waals surface area (Å²) >= 11 is 0. The van der Waals surface area contributed by atoms with Gasteiger partial charge in [0.1, 0.15) is 5.75 Å². The van der Waals surface area contributed by atoms with Gasteiger partial charge in [-0.1, -0.05) is 0 Å². The Balaban J connectivity index is 2.11. The third-order valence-electron chi connectivity index (χ3n) is 2.69. The predicted octanol–water partition coefficient (Wildman–Crippen LogP) is 2.41. The number of amides is 1. The predicted molar refractivity (Wildman–Crippen MR) is 74.5 cm³/mol. The molecule has 100 valence electrons. The molecule has 5 heteroatoms. The van der Waals surface area contributed by atoms with E-state index in [1.165, 1.54) is 6.20 Å². The van der Waals surface area contributed by atoms with Crippen molar-refractivity contribution in [1.29, 1.82) is 5.26 Å². The summed E-state index contributed by atoms with van der Waals surface area (Å²) in [7, 11) is 1.58. The molecule has 1 aromatic carbocycles. The molecule has 20 heavy (non-hydrogen) atoms. The lowest BCUT2D eigenvalue weighted by atomic mass is 10.2. The highest BCUT2D eigenvalue weighted by molar-refractivity contribution is 6.04. The maximum absolute atomic E-state index is 12.1. The van der Waals surface area contributed by atoms with Crippen LogP contribution in [0.2, 0.25) is 0 Å². The van der Waals surface area contributed by atoms with Crippen LogP contribution in [0.25, 0.3) is 0 Å². The number of ether oxygens (including phenoxy) is 1. The van der Waals surface area contributed by atoms with Crippen LogP contribution in [-0.4, -0.2) is 18.0 Å². The molecule has 0 saturated heterocycles. The van der Waals surface area contributed by atoms with E-state index in [2.05, 4.69) is 10.3 Å². The van der Waals surface area contributed by atoms with Crippen LogP contribution < -0.4 is 10.1 Å². The molecule has 5 nitrogen and oxygen atoms in total. The van der Waals surface area contributed by atoms with E-state index in [4.69, 9.17) is 10.00 Å². The Morgan fingerprint density at radius 2 is 2.10 bits per heavy atom. The number of hydrogen-bond donors (Lipinski definition) is 1. The molecule has 1 heterocycles. The number of aromatic nitrogens is 1. The Hall–Kier alpha value is -2.87. The molecule has 2 aromatic rings. The van der Waals surface area contributed by atoms with Crippen molar-refractivity contribution >= 4 is 11.6 Å². The zero-order valence-electron chi connectivity index (χ0n) is 11.0. The van der Waals surface area contributed by atoms with Crippen LogP contribution in [0.3, 0.4) is 0 Å². The lowest BCUT2D eigenvalue weighted by Gasteiger charge is -2.06. The lowest BCUT2D eigenvalue weighted by molar-refractivity contribution is 0.102. The molecule has 0 aliphatic rings. The van der Waals surface area contributed by atoms with Crippen LogP contribution in [-0.2, 0) is 6.42 Å². The van der Waals surface area contributed by atoms with E-state index in [0.29, 0.717) is 16.9 Å². The number of benzene rings is 1. The summed E-state index contributed by atoms with van der Waals surface area (Å²) in [5.41, 5.74) is 1.73. The van der Waals surface area contributed by atoms with Crippen molar-refractivity contribution in [3.05, 3.63) is 53.9 Å². The van der Waals surface area contributed by atoms with E-state index >= 15 is 0 Å². The van der Waals surface area contributed by atoms with Crippen LogP contribution in [0.1, 0.15) is 16.1 Å². The highest BCUT2D eigenvalue weighted by Gasteiger charge is 2.07. The first-order chi connectivity index (χ1) is 9.72. The molecule has 0 spiro atoms. The standard InChI is InChI=1S/C15H13N3O2/c1-20-14-4-2-12(3-5-14)18-15(19)11-7-9-17-13(10-11)6-8-16/h2-5,7,9-10H,6H2,1H3,(H,18,19). The minimum absolute atomic E-state index is 0.184. The van der Waals surface area contributed by atoms with E-state index in [1.54, 1.807) is 43.5 Å². The van der Waals surface area contributed by atoms with Gasteiger partial charge in [-0.2, -0.15) is 5.26 Å². The van der Waals surface area contributed by atoms with Crippen molar-refractivity contribution < 1.29 is 9.53 Å². The van der Waals surface area contributed by atoms with Gasteiger partial charge < -0.3 is 10.1 Å². The lowest BCUT2D eigenvalue weighted by Crippen LogP contribution is -2.12. The molecule has 0 saturated carbocycles. The summed E-state index contributed by atoms with van der Waals surface area (Å²) in [6.07, 6.45) is 1.71. The van der Waals surface area contributed by atoms with E-state index in [1.807, 2.05) is 6.07 Å². The summed E-state index contributed by atoms with van der Waals surface area (Å²) in [6.45, 7) is 0. The van der Waals surface area contributed by atoms with Crippen LogP contribution >= 0.6 is 0 Å². The van der Waals surface area contributed by atoms with Gasteiger partial charge in [-0.3, -0.25) is 9.78 Å². The zero-order chi connectivity index (χ0) is 14.4. The summed E-state index contributed by atoms with van der Waals surface area (Å²) < 4.78 is 5.05. The summed E-state index contributed by atoms with van der Waals surface area (Å²) in [4.78, 5) is 16.1. The highest BCUT2D eigenvalue weighted by Crippen LogP contribution is 2.16. The first-order valence-corrected chi connectivity index (χ1v) is 6.00. The van der Waals surface area contributed by atoms with Gasteiger partial charge in [0.25, 0.3) is 5.91 Å². The van der Waals surface area contributed by atoms with E-state index in [9.17, 15) is 4.79 Å². The Bertz CT molecular complexity index is 645. The second-order valence-corrected chi connectivity index (χ2v) is 4.05. The van der Waals surface area contributed by atoms with E-state index < -0.39 is 0 Å². The van der Waals surface area contributed by atoms with Crippen LogP contribution in [0.5, 0.6) is 5.75 Å². The average Bonchev–Trinajstić information content (AvgIpc) is 2.48. The second kappa shape index (κ2) is 6.34. The average molecular weight is 267 g/mol. The highest BCUT2D eigenvalue weighted by atomic mass is 16.5. The molecule has 2 rings (SSSR count). The van der Waals surface area contributed by atoms with Crippen molar-refractivity contribution in [3.8, 4) is 11.8 Å². The largest absolute Gasteiger partial charge is 0.497 e. The third kappa shape index (κ3) is 3.33. The smallest absolute Gasteiger partial charge is 0.255 e. The van der Waals surface area contributed by atoms with Gasteiger partial charge in [-0.15, -0.1) is 0 Å². The second-order valence-electron chi connectivity index (χ2n) is 4.05. The third-order valence-corrected chi connectivity index (χ3v) is 2.69. The Morgan fingerprint density at radius 3 is 2.75 bits per heavy atom. The maximum atomic E-state index is 12.1. The summed E-state index contributed by atoms with van der Waals surface area (Å²) in [5.74, 6) is 0.486. The van der Waals surface area contributed by atoms with Crippen molar-refractivity contribution in [2.24, 2.45) is 0 Å².